The lowest BCUT2D eigenvalue weighted by Gasteiger charge is -2.38. The predicted molar refractivity (Wildman–Crippen MR) is 123 cm³/mol. The average molecular weight is 426 g/mol. The van der Waals surface area contributed by atoms with E-state index in [1.54, 1.807) is 14.2 Å². The maximum Gasteiger partial charge on any atom is 0.122 e. The lowest BCUT2D eigenvalue weighted by atomic mass is 9.90. The molecule has 0 amide bonds. The van der Waals surface area contributed by atoms with Gasteiger partial charge in [-0.3, -0.25) is 4.98 Å². The minimum Gasteiger partial charge on any atom is -0.497 e. The maximum atomic E-state index is 6.22. The largest absolute Gasteiger partial charge is 0.497 e. The highest BCUT2D eigenvalue weighted by Crippen LogP contribution is 2.35. The van der Waals surface area contributed by atoms with Gasteiger partial charge >= 0.3 is 0 Å². The number of benzene rings is 2. The van der Waals surface area contributed by atoms with E-state index < -0.39 is 0 Å². The molecule has 6 heteroatoms. The monoisotopic (exact) mass is 425 g/mol. The van der Waals surface area contributed by atoms with Gasteiger partial charge in [-0.05, 0) is 67.6 Å². The van der Waals surface area contributed by atoms with E-state index in [1.807, 2.05) is 24.4 Å². The zero-order valence-electron chi connectivity index (χ0n) is 17.5. The Morgan fingerprint density at radius 1 is 1.00 bits per heavy atom. The van der Waals surface area contributed by atoms with Gasteiger partial charge in [0, 0.05) is 47.0 Å². The smallest absolute Gasteiger partial charge is 0.122 e. The number of pyridine rings is 1. The molecule has 2 aromatic carbocycles. The summed E-state index contributed by atoms with van der Waals surface area (Å²) in [5, 5.41) is 1.80. The van der Waals surface area contributed by atoms with Crippen molar-refractivity contribution < 1.29 is 9.47 Å². The second kappa shape index (κ2) is 9.11. The first kappa shape index (κ1) is 20.8. The molecule has 5 nitrogen and oxygen atoms in total. The highest BCUT2D eigenvalue weighted by Gasteiger charge is 2.26. The lowest BCUT2D eigenvalue weighted by molar-refractivity contribution is 0.373. The summed E-state index contributed by atoms with van der Waals surface area (Å²) in [6, 6.07) is 14.8. The highest BCUT2D eigenvalue weighted by atomic mass is 35.5. The van der Waals surface area contributed by atoms with Crippen LogP contribution in [0.5, 0.6) is 11.5 Å². The fourth-order valence-corrected chi connectivity index (χ4v) is 4.50. The maximum absolute atomic E-state index is 6.22. The number of hydrogen-bond donors (Lipinski definition) is 1. The van der Waals surface area contributed by atoms with E-state index in [-0.39, 0.29) is 0 Å². The van der Waals surface area contributed by atoms with Crippen LogP contribution >= 0.6 is 11.6 Å². The molecule has 0 atom stereocenters. The van der Waals surface area contributed by atoms with Crippen molar-refractivity contribution in [2.24, 2.45) is 5.73 Å². The van der Waals surface area contributed by atoms with Gasteiger partial charge in [-0.25, -0.2) is 0 Å². The molecule has 0 bridgehead atoms. The summed E-state index contributed by atoms with van der Waals surface area (Å²) in [6.45, 7) is 0.745. The average Bonchev–Trinajstić information content (AvgIpc) is 2.77. The Labute approximate surface area is 182 Å². The van der Waals surface area contributed by atoms with Crippen LogP contribution in [0.1, 0.15) is 31.2 Å². The Balaban J connectivity index is 1.76. The van der Waals surface area contributed by atoms with E-state index in [2.05, 4.69) is 34.1 Å². The van der Waals surface area contributed by atoms with Crippen LogP contribution < -0.4 is 20.1 Å². The summed E-state index contributed by atoms with van der Waals surface area (Å²) in [7, 11) is 3.36. The Kier molecular flexibility index (Phi) is 6.30. The molecule has 1 heterocycles. The van der Waals surface area contributed by atoms with Gasteiger partial charge in [-0.1, -0.05) is 11.6 Å². The summed E-state index contributed by atoms with van der Waals surface area (Å²) < 4.78 is 11.0. The summed E-state index contributed by atoms with van der Waals surface area (Å²) in [5.41, 5.74) is 9.40. The number of ether oxygens (including phenoxy) is 2. The number of nitrogens with two attached hydrogens (primary N) is 1. The van der Waals surface area contributed by atoms with Crippen molar-refractivity contribution in [2.75, 3.05) is 19.1 Å². The van der Waals surface area contributed by atoms with Gasteiger partial charge in [0.15, 0.2) is 0 Å². The minimum atomic E-state index is 0.299. The van der Waals surface area contributed by atoms with Gasteiger partial charge in [0.25, 0.3) is 0 Å². The molecule has 158 valence electrons. The normalized spacial score (nSPS) is 18.9. The number of aromatic nitrogens is 1. The SMILES string of the molecule is COc1cc(CN(c2ccnc3cc(Cl)ccc23)C2CCC(N)CC2)cc(OC)c1. The standard InChI is InChI=1S/C24H28ClN3O2/c1-29-20-11-16(12-21(14-20)30-2)15-28(19-6-4-18(26)5-7-19)24-9-10-27-23-13-17(25)3-8-22(23)24/h3,8-14,18-19H,4-7,15,26H2,1-2H3. The molecule has 30 heavy (non-hydrogen) atoms. The van der Waals surface area contributed by atoms with E-state index in [9.17, 15) is 0 Å². The third-order valence-corrected chi connectivity index (χ3v) is 6.17. The van der Waals surface area contributed by atoms with Crippen LogP contribution in [0.25, 0.3) is 10.9 Å². The fourth-order valence-electron chi connectivity index (χ4n) is 4.34. The Bertz CT molecular complexity index is 996. The van der Waals surface area contributed by atoms with Gasteiger partial charge in [-0.15, -0.1) is 0 Å². The molecule has 0 spiro atoms. The number of fused-ring (bicyclic) bond motifs is 1. The molecule has 4 rings (SSSR count). The van der Waals surface area contributed by atoms with E-state index in [4.69, 9.17) is 26.8 Å². The highest BCUT2D eigenvalue weighted by molar-refractivity contribution is 6.31. The molecule has 1 saturated carbocycles. The number of rotatable bonds is 6. The number of hydrogen-bond acceptors (Lipinski definition) is 5. The summed E-state index contributed by atoms with van der Waals surface area (Å²) >= 11 is 6.22. The Morgan fingerprint density at radius 3 is 2.37 bits per heavy atom. The van der Waals surface area contributed by atoms with E-state index in [0.717, 1.165) is 60.2 Å². The van der Waals surface area contributed by atoms with Crippen LogP contribution in [-0.2, 0) is 6.54 Å². The molecule has 2 N–H and O–H groups in total. The molecule has 1 aliphatic rings. The third kappa shape index (κ3) is 4.47. The number of anilines is 1. The van der Waals surface area contributed by atoms with Gasteiger partial charge in [0.05, 0.1) is 19.7 Å². The minimum absolute atomic E-state index is 0.299. The molecule has 1 aliphatic carbocycles. The van der Waals surface area contributed by atoms with Crippen molar-refractivity contribution in [3.63, 3.8) is 0 Å². The molecular formula is C24H28ClN3O2. The second-order valence-electron chi connectivity index (χ2n) is 7.91. The number of methoxy groups -OCH3 is 2. The van der Waals surface area contributed by atoms with Gasteiger partial charge < -0.3 is 20.1 Å². The molecule has 1 aromatic heterocycles. The first-order chi connectivity index (χ1) is 14.6. The topological polar surface area (TPSA) is 60.6 Å². The van der Waals surface area contributed by atoms with Gasteiger partial charge in [0.2, 0.25) is 0 Å². The van der Waals surface area contributed by atoms with Crippen LogP contribution in [0.3, 0.4) is 0 Å². The lowest BCUT2D eigenvalue weighted by Crippen LogP contribution is -2.40. The van der Waals surface area contributed by atoms with Crippen LogP contribution in [0.15, 0.2) is 48.7 Å². The van der Waals surface area contributed by atoms with E-state index in [0.29, 0.717) is 17.1 Å². The van der Waals surface area contributed by atoms with Crippen molar-refractivity contribution in [3.05, 3.63) is 59.2 Å². The van der Waals surface area contributed by atoms with Crippen LogP contribution in [0.2, 0.25) is 5.02 Å². The second-order valence-corrected chi connectivity index (χ2v) is 8.35. The molecule has 1 fully saturated rings. The third-order valence-electron chi connectivity index (χ3n) is 5.94. The summed E-state index contributed by atoms with van der Waals surface area (Å²) in [6.07, 6.45) is 6.08. The zero-order valence-corrected chi connectivity index (χ0v) is 18.2. The first-order valence-corrected chi connectivity index (χ1v) is 10.7. The molecule has 0 radical (unpaired) electrons. The fraction of sp³-hybridized carbons (Fsp3) is 0.375. The molecule has 0 saturated heterocycles. The molecule has 3 aromatic rings. The molecule has 0 unspecified atom stereocenters. The van der Waals surface area contributed by atoms with Crippen molar-refractivity contribution in [1.29, 1.82) is 0 Å². The quantitative estimate of drug-likeness (QED) is 0.589. The predicted octanol–water partition coefficient (Wildman–Crippen LogP) is 5.18. The van der Waals surface area contributed by atoms with Gasteiger partial charge in [0.1, 0.15) is 11.5 Å². The Morgan fingerprint density at radius 2 is 1.70 bits per heavy atom. The number of halogens is 1. The molecular weight excluding hydrogens is 398 g/mol. The van der Waals surface area contributed by atoms with Crippen LogP contribution in [-0.4, -0.2) is 31.3 Å². The van der Waals surface area contributed by atoms with Crippen molar-refractivity contribution in [1.82, 2.24) is 4.98 Å². The van der Waals surface area contributed by atoms with Crippen molar-refractivity contribution in [2.45, 2.75) is 44.3 Å². The Hall–Kier alpha value is -2.50. The van der Waals surface area contributed by atoms with Crippen LogP contribution in [0, 0.1) is 0 Å². The summed E-state index contributed by atoms with van der Waals surface area (Å²) in [4.78, 5) is 7.02. The zero-order chi connectivity index (χ0) is 21.1. The molecule has 0 aliphatic heterocycles. The van der Waals surface area contributed by atoms with E-state index in [1.165, 1.54) is 5.69 Å². The van der Waals surface area contributed by atoms with Crippen molar-refractivity contribution in [3.8, 4) is 11.5 Å². The van der Waals surface area contributed by atoms with Crippen LogP contribution in [0.4, 0.5) is 5.69 Å². The van der Waals surface area contributed by atoms with Crippen molar-refractivity contribution >= 4 is 28.2 Å². The number of nitrogens with zero attached hydrogens (tertiary/aromatic N) is 2. The summed E-state index contributed by atoms with van der Waals surface area (Å²) in [5.74, 6) is 1.59. The van der Waals surface area contributed by atoms with E-state index >= 15 is 0 Å². The first-order valence-electron chi connectivity index (χ1n) is 10.4. The van der Waals surface area contributed by atoms with Gasteiger partial charge in [-0.2, -0.15) is 0 Å².